The number of anilines is 1. The molecule has 0 aromatic heterocycles. The number of benzene rings is 1. The Hall–Kier alpha value is -0.840. The number of nitrogens with one attached hydrogen (secondary N) is 2. The van der Waals surface area contributed by atoms with Gasteiger partial charge in [0.1, 0.15) is 0 Å². The smallest absolute Gasteiger partial charge is 0.225 e. The third-order valence-corrected chi connectivity index (χ3v) is 2.60. The summed E-state index contributed by atoms with van der Waals surface area (Å²) in [4.78, 5) is 11.5. The second kappa shape index (κ2) is 6.79. The van der Waals surface area contributed by atoms with Crippen molar-refractivity contribution in [2.24, 2.45) is 0 Å². The molecule has 0 saturated heterocycles. The fraction of sp³-hybridized carbons (Fsp3) is 0.364. The van der Waals surface area contributed by atoms with Crippen molar-refractivity contribution < 1.29 is 9.18 Å². The highest BCUT2D eigenvalue weighted by atomic mass is 35.5. The summed E-state index contributed by atoms with van der Waals surface area (Å²) in [6.07, 6.45) is 0.334. The molecule has 0 radical (unpaired) electrons. The second-order valence-electron chi connectivity index (χ2n) is 3.41. The van der Waals surface area contributed by atoms with Crippen LogP contribution in [0.2, 0.25) is 10.0 Å². The molecule has 1 aromatic rings. The average Bonchev–Trinajstić information content (AvgIpc) is 2.26. The van der Waals surface area contributed by atoms with Gasteiger partial charge in [0, 0.05) is 18.7 Å². The molecule has 1 rings (SSSR count). The van der Waals surface area contributed by atoms with Gasteiger partial charge in [-0.05, 0) is 18.7 Å². The van der Waals surface area contributed by atoms with Gasteiger partial charge in [-0.25, -0.2) is 4.39 Å². The lowest BCUT2D eigenvalue weighted by Gasteiger charge is -2.07. The highest BCUT2D eigenvalue weighted by molar-refractivity contribution is 6.35. The van der Waals surface area contributed by atoms with Crippen LogP contribution in [0, 0.1) is 5.82 Å². The van der Waals surface area contributed by atoms with Crippen molar-refractivity contribution in [3.63, 3.8) is 0 Å². The quantitative estimate of drug-likeness (QED) is 0.642. The van der Waals surface area contributed by atoms with Gasteiger partial charge in [0.05, 0.1) is 10.0 Å². The van der Waals surface area contributed by atoms with E-state index < -0.39 is 5.82 Å². The zero-order valence-corrected chi connectivity index (χ0v) is 10.8. The van der Waals surface area contributed by atoms with E-state index in [0.717, 1.165) is 6.54 Å². The first-order chi connectivity index (χ1) is 8.04. The number of carbonyl (C=O) groups is 1. The van der Waals surface area contributed by atoms with Crippen LogP contribution in [0.5, 0.6) is 0 Å². The van der Waals surface area contributed by atoms with E-state index in [1.54, 1.807) is 0 Å². The number of carbonyl (C=O) groups excluding carboxylic acids is 1. The number of rotatable bonds is 5. The summed E-state index contributed by atoms with van der Waals surface area (Å²) in [5.74, 6) is -0.858. The van der Waals surface area contributed by atoms with E-state index in [1.807, 2.05) is 6.92 Å². The van der Waals surface area contributed by atoms with Crippen molar-refractivity contribution >= 4 is 34.8 Å². The number of hydrogen-bond acceptors (Lipinski definition) is 2. The maximum absolute atomic E-state index is 13.1. The third-order valence-electron chi connectivity index (χ3n) is 2.05. The molecule has 6 heteroatoms. The SMILES string of the molecule is CCNCCC(=O)Nc1cc(Cl)c(F)c(Cl)c1. The Balaban J connectivity index is 2.60. The summed E-state index contributed by atoms with van der Waals surface area (Å²) in [5, 5.41) is 5.40. The van der Waals surface area contributed by atoms with Crippen molar-refractivity contribution in [3.05, 3.63) is 28.0 Å². The molecule has 0 unspecified atom stereocenters. The minimum absolute atomic E-state index is 0.112. The van der Waals surface area contributed by atoms with E-state index in [2.05, 4.69) is 10.6 Å². The van der Waals surface area contributed by atoms with E-state index in [1.165, 1.54) is 12.1 Å². The summed E-state index contributed by atoms with van der Waals surface area (Å²) >= 11 is 11.2. The lowest BCUT2D eigenvalue weighted by molar-refractivity contribution is -0.116. The predicted molar refractivity (Wildman–Crippen MR) is 68.2 cm³/mol. The van der Waals surface area contributed by atoms with Crippen molar-refractivity contribution in [2.75, 3.05) is 18.4 Å². The van der Waals surface area contributed by atoms with Gasteiger partial charge in [-0.15, -0.1) is 0 Å². The largest absolute Gasteiger partial charge is 0.326 e. The first-order valence-electron chi connectivity index (χ1n) is 5.19. The van der Waals surface area contributed by atoms with Crippen molar-refractivity contribution in [2.45, 2.75) is 13.3 Å². The van der Waals surface area contributed by atoms with Crippen LogP contribution in [0.15, 0.2) is 12.1 Å². The molecule has 0 spiro atoms. The molecule has 1 aromatic carbocycles. The van der Waals surface area contributed by atoms with Crippen LogP contribution in [-0.4, -0.2) is 19.0 Å². The van der Waals surface area contributed by atoms with Crippen LogP contribution in [0.25, 0.3) is 0 Å². The van der Waals surface area contributed by atoms with Crippen LogP contribution >= 0.6 is 23.2 Å². The molecule has 0 atom stereocenters. The molecule has 1 amide bonds. The van der Waals surface area contributed by atoms with E-state index in [9.17, 15) is 9.18 Å². The molecule has 94 valence electrons. The summed E-state index contributed by atoms with van der Waals surface area (Å²) in [6.45, 7) is 3.35. The molecule has 17 heavy (non-hydrogen) atoms. The number of hydrogen-bond donors (Lipinski definition) is 2. The van der Waals surface area contributed by atoms with Gasteiger partial charge < -0.3 is 10.6 Å². The Morgan fingerprint density at radius 2 is 1.94 bits per heavy atom. The van der Waals surface area contributed by atoms with Crippen LogP contribution in [0.1, 0.15) is 13.3 Å². The molecule has 0 aliphatic rings. The molecule has 0 heterocycles. The Morgan fingerprint density at radius 1 is 1.35 bits per heavy atom. The van der Waals surface area contributed by atoms with Gasteiger partial charge in [-0.1, -0.05) is 30.1 Å². The minimum Gasteiger partial charge on any atom is -0.326 e. The van der Waals surface area contributed by atoms with Crippen LogP contribution < -0.4 is 10.6 Å². The third kappa shape index (κ3) is 4.50. The van der Waals surface area contributed by atoms with Gasteiger partial charge in [-0.3, -0.25) is 4.79 Å². The normalized spacial score (nSPS) is 10.4. The lowest BCUT2D eigenvalue weighted by Crippen LogP contribution is -2.21. The fourth-order valence-electron chi connectivity index (χ4n) is 1.23. The Morgan fingerprint density at radius 3 is 2.47 bits per heavy atom. The van der Waals surface area contributed by atoms with Gasteiger partial charge in [0.2, 0.25) is 5.91 Å². The van der Waals surface area contributed by atoms with Crippen LogP contribution in [0.4, 0.5) is 10.1 Å². The zero-order chi connectivity index (χ0) is 12.8. The van der Waals surface area contributed by atoms with Crippen molar-refractivity contribution in [1.29, 1.82) is 0 Å². The van der Waals surface area contributed by atoms with Crippen LogP contribution in [0.3, 0.4) is 0 Å². The first kappa shape index (κ1) is 14.2. The Kier molecular flexibility index (Phi) is 5.68. The topological polar surface area (TPSA) is 41.1 Å². The summed E-state index contributed by atoms with van der Waals surface area (Å²) < 4.78 is 13.1. The van der Waals surface area contributed by atoms with E-state index in [0.29, 0.717) is 18.7 Å². The predicted octanol–water partition coefficient (Wildman–Crippen LogP) is 3.07. The standard InChI is InChI=1S/C11H13Cl2FN2O/c1-2-15-4-3-10(17)16-7-5-8(12)11(14)9(13)6-7/h5-6,15H,2-4H2,1H3,(H,16,17). The number of amides is 1. The minimum atomic E-state index is -0.681. The Labute approximate surface area is 109 Å². The average molecular weight is 279 g/mol. The maximum Gasteiger partial charge on any atom is 0.225 e. The van der Waals surface area contributed by atoms with Gasteiger partial charge in [0.15, 0.2) is 5.82 Å². The molecule has 0 fully saturated rings. The zero-order valence-electron chi connectivity index (χ0n) is 9.32. The fourth-order valence-corrected chi connectivity index (χ4v) is 1.72. The van der Waals surface area contributed by atoms with E-state index >= 15 is 0 Å². The van der Waals surface area contributed by atoms with Crippen molar-refractivity contribution in [3.8, 4) is 0 Å². The molecular formula is C11H13Cl2FN2O. The monoisotopic (exact) mass is 278 g/mol. The summed E-state index contributed by atoms with van der Waals surface area (Å²) in [7, 11) is 0. The first-order valence-corrected chi connectivity index (χ1v) is 5.95. The molecule has 0 aliphatic heterocycles. The number of halogens is 3. The van der Waals surface area contributed by atoms with Gasteiger partial charge >= 0.3 is 0 Å². The maximum atomic E-state index is 13.1. The summed E-state index contributed by atoms with van der Waals surface area (Å²) in [5.41, 5.74) is 0.392. The van der Waals surface area contributed by atoms with Gasteiger partial charge in [-0.2, -0.15) is 0 Å². The second-order valence-corrected chi connectivity index (χ2v) is 4.22. The highest BCUT2D eigenvalue weighted by Crippen LogP contribution is 2.27. The molecule has 3 nitrogen and oxygen atoms in total. The molecule has 0 bridgehead atoms. The van der Waals surface area contributed by atoms with Gasteiger partial charge in [0.25, 0.3) is 0 Å². The highest BCUT2D eigenvalue weighted by Gasteiger charge is 2.09. The van der Waals surface area contributed by atoms with Crippen LogP contribution in [-0.2, 0) is 4.79 Å². The van der Waals surface area contributed by atoms with E-state index in [-0.39, 0.29) is 16.0 Å². The van der Waals surface area contributed by atoms with E-state index in [4.69, 9.17) is 23.2 Å². The molecule has 2 N–H and O–H groups in total. The Bertz CT molecular complexity index is 389. The van der Waals surface area contributed by atoms with Crippen molar-refractivity contribution in [1.82, 2.24) is 5.32 Å². The summed E-state index contributed by atoms with van der Waals surface area (Å²) in [6, 6.07) is 2.65. The molecular weight excluding hydrogens is 266 g/mol. The lowest BCUT2D eigenvalue weighted by atomic mass is 10.3. The molecule has 0 aliphatic carbocycles. The molecule has 0 saturated carbocycles.